The fraction of sp³-hybridized carbons (Fsp3) is 0.462. The van der Waals surface area contributed by atoms with E-state index in [9.17, 15) is 13.6 Å². The molecule has 0 saturated carbocycles. The molecule has 2 N–H and O–H groups in total. The van der Waals surface area contributed by atoms with E-state index in [1.54, 1.807) is 6.92 Å². The number of methoxy groups -OCH3 is 1. The summed E-state index contributed by atoms with van der Waals surface area (Å²) in [4.78, 5) is 11.9. The van der Waals surface area contributed by atoms with E-state index in [2.05, 4.69) is 5.32 Å². The SMILES string of the molecule is CCC(CCO)NC(=O)c1c(F)ccc(OC)c1F. The lowest BCUT2D eigenvalue weighted by molar-refractivity contribution is 0.0919. The van der Waals surface area contributed by atoms with Crippen LogP contribution in [0.25, 0.3) is 0 Å². The lowest BCUT2D eigenvalue weighted by atomic mass is 10.1. The molecule has 1 rings (SSSR count). The van der Waals surface area contributed by atoms with E-state index in [1.165, 1.54) is 7.11 Å². The number of hydrogen-bond acceptors (Lipinski definition) is 3. The zero-order valence-corrected chi connectivity index (χ0v) is 10.9. The molecule has 0 bridgehead atoms. The molecule has 1 amide bonds. The van der Waals surface area contributed by atoms with Gasteiger partial charge in [-0.2, -0.15) is 0 Å². The molecule has 0 fully saturated rings. The van der Waals surface area contributed by atoms with Gasteiger partial charge in [-0.3, -0.25) is 4.79 Å². The second-order valence-electron chi connectivity index (χ2n) is 4.03. The second-order valence-corrected chi connectivity index (χ2v) is 4.03. The van der Waals surface area contributed by atoms with E-state index in [0.717, 1.165) is 12.1 Å². The molecule has 106 valence electrons. The second kappa shape index (κ2) is 7.04. The standard InChI is InChI=1S/C13H17F2NO3/c1-3-8(6-7-17)16-13(18)11-9(14)4-5-10(19-2)12(11)15/h4-5,8,17H,3,6-7H2,1-2H3,(H,16,18). The molecule has 1 unspecified atom stereocenters. The van der Waals surface area contributed by atoms with Crippen LogP contribution in [0.2, 0.25) is 0 Å². The number of ether oxygens (including phenoxy) is 1. The maximum atomic E-state index is 13.8. The Bertz CT molecular complexity index is 452. The predicted octanol–water partition coefficient (Wildman–Crippen LogP) is 1.86. The molecule has 0 aliphatic carbocycles. The van der Waals surface area contributed by atoms with E-state index < -0.39 is 23.1 Å². The Balaban J connectivity index is 2.99. The van der Waals surface area contributed by atoms with Gasteiger partial charge in [0.2, 0.25) is 0 Å². The van der Waals surface area contributed by atoms with Crippen molar-refractivity contribution < 1.29 is 23.4 Å². The quantitative estimate of drug-likeness (QED) is 0.831. The third-order valence-electron chi connectivity index (χ3n) is 2.81. The lowest BCUT2D eigenvalue weighted by Crippen LogP contribution is -2.36. The minimum Gasteiger partial charge on any atom is -0.494 e. The van der Waals surface area contributed by atoms with Crippen LogP contribution in [0.3, 0.4) is 0 Å². The van der Waals surface area contributed by atoms with Crippen molar-refractivity contribution >= 4 is 5.91 Å². The van der Waals surface area contributed by atoms with Gasteiger partial charge in [0.15, 0.2) is 11.6 Å². The highest BCUT2D eigenvalue weighted by molar-refractivity contribution is 5.95. The number of carbonyl (C=O) groups is 1. The fourth-order valence-corrected chi connectivity index (χ4v) is 1.69. The van der Waals surface area contributed by atoms with Gasteiger partial charge < -0.3 is 15.2 Å². The van der Waals surface area contributed by atoms with Crippen LogP contribution in [0.5, 0.6) is 5.75 Å². The van der Waals surface area contributed by atoms with Gasteiger partial charge in [0.1, 0.15) is 11.4 Å². The number of amides is 1. The Labute approximate surface area is 110 Å². The molecule has 0 heterocycles. The topological polar surface area (TPSA) is 58.6 Å². The van der Waals surface area contributed by atoms with E-state index in [-0.39, 0.29) is 18.4 Å². The van der Waals surface area contributed by atoms with Gasteiger partial charge >= 0.3 is 0 Å². The Morgan fingerprint density at radius 2 is 2.16 bits per heavy atom. The van der Waals surface area contributed by atoms with Crippen molar-refractivity contribution in [1.29, 1.82) is 0 Å². The summed E-state index contributed by atoms with van der Waals surface area (Å²) >= 11 is 0. The summed E-state index contributed by atoms with van der Waals surface area (Å²) in [7, 11) is 1.23. The Kier molecular flexibility index (Phi) is 5.69. The average molecular weight is 273 g/mol. The smallest absolute Gasteiger partial charge is 0.257 e. The number of benzene rings is 1. The number of aliphatic hydroxyl groups is 1. The van der Waals surface area contributed by atoms with E-state index in [0.29, 0.717) is 12.8 Å². The molecule has 0 spiro atoms. The fourth-order valence-electron chi connectivity index (χ4n) is 1.69. The highest BCUT2D eigenvalue weighted by Gasteiger charge is 2.22. The van der Waals surface area contributed by atoms with Gasteiger partial charge in [-0.25, -0.2) is 8.78 Å². The summed E-state index contributed by atoms with van der Waals surface area (Å²) in [5.74, 6) is -3.02. The molecule has 0 aromatic heterocycles. The summed E-state index contributed by atoms with van der Waals surface area (Å²) < 4.78 is 32.1. The molecule has 0 radical (unpaired) electrons. The minimum atomic E-state index is -1.03. The van der Waals surface area contributed by atoms with Crippen LogP contribution in [0.4, 0.5) is 8.78 Å². The van der Waals surface area contributed by atoms with Crippen molar-refractivity contribution in [2.75, 3.05) is 13.7 Å². The monoisotopic (exact) mass is 273 g/mol. The summed E-state index contributed by atoms with van der Waals surface area (Å²) in [5.41, 5.74) is -0.671. The van der Waals surface area contributed by atoms with Crippen molar-refractivity contribution in [1.82, 2.24) is 5.32 Å². The number of halogens is 2. The summed E-state index contributed by atoms with van der Waals surface area (Å²) in [5, 5.41) is 11.3. The molecular weight excluding hydrogens is 256 g/mol. The van der Waals surface area contributed by atoms with Gasteiger partial charge in [-0.1, -0.05) is 6.92 Å². The third kappa shape index (κ3) is 3.64. The van der Waals surface area contributed by atoms with Crippen molar-refractivity contribution in [3.8, 4) is 5.75 Å². The Morgan fingerprint density at radius 3 is 2.68 bits per heavy atom. The number of aliphatic hydroxyl groups excluding tert-OH is 1. The minimum absolute atomic E-state index is 0.109. The largest absolute Gasteiger partial charge is 0.494 e. The van der Waals surface area contributed by atoms with Gasteiger partial charge in [0, 0.05) is 12.6 Å². The summed E-state index contributed by atoms with van der Waals surface area (Å²) in [6.07, 6.45) is 0.884. The first-order valence-electron chi connectivity index (χ1n) is 5.98. The third-order valence-corrected chi connectivity index (χ3v) is 2.81. The van der Waals surface area contributed by atoms with Crippen molar-refractivity contribution in [2.45, 2.75) is 25.8 Å². The zero-order chi connectivity index (χ0) is 14.4. The molecule has 19 heavy (non-hydrogen) atoms. The maximum Gasteiger partial charge on any atom is 0.257 e. The van der Waals surface area contributed by atoms with Gasteiger partial charge in [0.05, 0.1) is 7.11 Å². The van der Waals surface area contributed by atoms with Crippen LogP contribution in [-0.2, 0) is 0 Å². The molecule has 1 atom stereocenters. The maximum absolute atomic E-state index is 13.8. The number of rotatable bonds is 6. The molecule has 1 aromatic carbocycles. The van der Waals surface area contributed by atoms with E-state index in [1.807, 2.05) is 0 Å². The lowest BCUT2D eigenvalue weighted by Gasteiger charge is -2.16. The first-order chi connectivity index (χ1) is 9.04. The molecule has 1 aromatic rings. The molecule has 0 saturated heterocycles. The van der Waals surface area contributed by atoms with Crippen molar-refractivity contribution in [2.24, 2.45) is 0 Å². The van der Waals surface area contributed by atoms with Crippen molar-refractivity contribution in [3.63, 3.8) is 0 Å². The first kappa shape index (κ1) is 15.4. The van der Waals surface area contributed by atoms with E-state index >= 15 is 0 Å². The molecular formula is C13H17F2NO3. The van der Waals surface area contributed by atoms with Crippen LogP contribution in [0, 0.1) is 11.6 Å². The summed E-state index contributed by atoms with van der Waals surface area (Å²) in [6.45, 7) is 1.70. The molecule has 0 aliphatic heterocycles. The highest BCUT2D eigenvalue weighted by Crippen LogP contribution is 2.23. The normalized spacial score (nSPS) is 12.1. The van der Waals surface area contributed by atoms with Crippen LogP contribution in [0.15, 0.2) is 12.1 Å². The van der Waals surface area contributed by atoms with Crippen LogP contribution < -0.4 is 10.1 Å². The van der Waals surface area contributed by atoms with Crippen LogP contribution >= 0.6 is 0 Å². The number of hydrogen-bond donors (Lipinski definition) is 2. The Morgan fingerprint density at radius 1 is 1.47 bits per heavy atom. The molecule has 4 nitrogen and oxygen atoms in total. The zero-order valence-electron chi connectivity index (χ0n) is 10.9. The first-order valence-corrected chi connectivity index (χ1v) is 5.98. The van der Waals surface area contributed by atoms with Gasteiger partial charge in [-0.05, 0) is 25.0 Å². The van der Waals surface area contributed by atoms with E-state index in [4.69, 9.17) is 9.84 Å². The van der Waals surface area contributed by atoms with Gasteiger partial charge in [0.25, 0.3) is 5.91 Å². The van der Waals surface area contributed by atoms with Crippen LogP contribution in [0.1, 0.15) is 30.1 Å². The number of nitrogens with one attached hydrogen (secondary N) is 1. The van der Waals surface area contributed by atoms with Crippen LogP contribution in [-0.4, -0.2) is 30.8 Å². The van der Waals surface area contributed by atoms with Crippen molar-refractivity contribution in [3.05, 3.63) is 29.3 Å². The Hall–Kier alpha value is -1.69. The molecule has 6 heteroatoms. The molecule has 0 aliphatic rings. The predicted molar refractivity (Wildman–Crippen MR) is 66.2 cm³/mol. The average Bonchev–Trinajstić information content (AvgIpc) is 2.38. The number of carbonyl (C=O) groups excluding carboxylic acids is 1. The summed E-state index contributed by atoms with van der Waals surface area (Å²) in [6, 6.07) is 1.76. The van der Waals surface area contributed by atoms with Gasteiger partial charge in [-0.15, -0.1) is 0 Å². The highest BCUT2D eigenvalue weighted by atomic mass is 19.1.